The van der Waals surface area contributed by atoms with Crippen LogP contribution in [0.3, 0.4) is 0 Å². The first-order chi connectivity index (χ1) is 4.46. The molecule has 1 fully saturated rings. The predicted molar refractivity (Wildman–Crippen MR) is 35.3 cm³/mol. The summed E-state index contributed by atoms with van der Waals surface area (Å²) in [5, 5.41) is 9.43. The highest BCUT2D eigenvalue weighted by Crippen LogP contribution is 2.30. The lowest BCUT2D eigenvalue weighted by molar-refractivity contribution is -0.153. The van der Waals surface area contributed by atoms with E-state index in [1.807, 2.05) is 0 Å². The zero-order chi connectivity index (χ0) is 7.94. The minimum Gasteiger partial charge on any atom is -0.460 e. The lowest BCUT2D eigenvalue weighted by atomic mass is 9.90. The molecule has 0 radical (unpaired) electrons. The molecule has 0 bridgehead atoms. The van der Waals surface area contributed by atoms with Gasteiger partial charge in [0.2, 0.25) is 0 Å². The predicted octanol–water partition coefficient (Wildman–Crippen LogP) is 0.319. The highest BCUT2D eigenvalue weighted by molar-refractivity contribution is 5.81. The molecule has 0 saturated carbocycles. The van der Waals surface area contributed by atoms with Crippen LogP contribution in [0.15, 0.2) is 0 Å². The van der Waals surface area contributed by atoms with Crippen molar-refractivity contribution in [3.8, 4) is 0 Å². The summed E-state index contributed by atoms with van der Waals surface area (Å²) in [5.74, 6) is -0.618. The van der Waals surface area contributed by atoms with Crippen LogP contribution in [0.5, 0.6) is 0 Å². The molecule has 0 amide bonds. The van der Waals surface area contributed by atoms with E-state index in [0.29, 0.717) is 0 Å². The van der Waals surface area contributed by atoms with Gasteiger partial charge in [0.1, 0.15) is 6.10 Å². The molecule has 3 atom stereocenters. The van der Waals surface area contributed by atoms with Crippen LogP contribution in [-0.4, -0.2) is 22.8 Å². The van der Waals surface area contributed by atoms with Crippen LogP contribution in [0.1, 0.15) is 20.8 Å². The van der Waals surface area contributed by atoms with Gasteiger partial charge < -0.3 is 9.84 Å². The molecule has 3 heteroatoms. The van der Waals surface area contributed by atoms with Crippen LogP contribution in [0, 0.1) is 5.92 Å². The van der Waals surface area contributed by atoms with Gasteiger partial charge in [0.15, 0.2) is 5.60 Å². The molecule has 1 heterocycles. The fraction of sp³-hybridized carbons (Fsp3) is 0.857. The molecule has 58 valence electrons. The first kappa shape index (κ1) is 7.54. The molecule has 1 saturated heterocycles. The van der Waals surface area contributed by atoms with Crippen LogP contribution in [0.2, 0.25) is 0 Å². The van der Waals surface area contributed by atoms with E-state index < -0.39 is 11.6 Å². The maximum Gasteiger partial charge on any atom is 0.338 e. The molecule has 1 aliphatic rings. The monoisotopic (exact) mass is 144 g/mol. The Bertz CT molecular complexity index is 162. The van der Waals surface area contributed by atoms with Crippen LogP contribution < -0.4 is 0 Å². The second-order valence-corrected chi connectivity index (χ2v) is 3.05. The minimum atomic E-state index is -1.28. The first-order valence-electron chi connectivity index (χ1n) is 3.39. The van der Waals surface area contributed by atoms with Gasteiger partial charge in [-0.1, -0.05) is 6.92 Å². The average Bonchev–Trinajstić information content (AvgIpc) is 1.97. The molecule has 0 aliphatic carbocycles. The average molecular weight is 144 g/mol. The summed E-state index contributed by atoms with van der Waals surface area (Å²) in [5.41, 5.74) is -1.28. The Morgan fingerprint density at radius 2 is 2.10 bits per heavy atom. The number of cyclic esters (lactones) is 1. The normalized spacial score (nSPS) is 47.4. The number of carbonyl (C=O) groups excluding carboxylic acids is 1. The van der Waals surface area contributed by atoms with Crippen LogP contribution in [0.4, 0.5) is 0 Å². The van der Waals surface area contributed by atoms with Crippen molar-refractivity contribution in [1.29, 1.82) is 0 Å². The van der Waals surface area contributed by atoms with Crippen molar-refractivity contribution in [2.45, 2.75) is 32.5 Å². The Hall–Kier alpha value is -0.570. The molecular formula is C7H12O3. The largest absolute Gasteiger partial charge is 0.460 e. The van der Waals surface area contributed by atoms with E-state index >= 15 is 0 Å². The van der Waals surface area contributed by atoms with E-state index in [9.17, 15) is 9.90 Å². The molecule has 0 aromatic heterocycles. The van der Waals surface area contributed by atoms with E-state index in [0.717, 1.165) is 0 Å². The zero-order valence-electron chi connectivity index (χ0n) is 6.42. The molecule has 1 rings (SSSR count). The zero-order valence-corrected chi connectivity index (χ0v) is 6.42. The van der Waals surface area contributed by atoms with E-state index in [1.54, 1.807) is 13.8 Å². The molecule has 1 aliphatic heterocycles. The number of rotatable bonds is 0. The van der Waals surface area contributed by atoms with Crippen LogP contribution >= 0.6 is 0 Å². The van der Waals surface area contributed by atoms with Crippen molar-refractivity contribution in [1.82, 2.24) is 0 Å². The van der Waals surface area contributed by atoms with Crippen molar-refractivity contribution in [3.05, 3.63) is 0 Å². The van der Waals surface area contributed by atoms with Gasteiger partial charge in [-0.2, -0.15) is 0 Å². The van der Waals surface area contributed by atoms with Gasteiger partial charge in [0.05, 0.1) is 0 Å². The van der Waals surface area contributed by atoms with Crippen molar-refractivity contribution >= 4 is 5.97 Å². The van der Waals surface area contributed by atoms with Crippen molar-refractivity contribution in [2.24, 2.45) is 5.92 Å². The molecule has 1 N–H and O–H groups in total. The van der Waals surface area contributed by atoms with Crippen molar-refractivity contribution in [3.63, 3.8) is 0 Å². The van der Waals surface area contributed by atoms with Crippen LogP contribution in [0.25, 0.3) is 0 Å². The summed E-state index contributed by atoms with van der Waals surface area (Å²) in [4.78, 5) is 10.8. The summed E-state index contributed by atoms with van der Waals surface area (Å²) >= 11 is 0. The van der Waals surface area contributed by atoms with Gasteiger partial charge in [-0.05, 0) is 13.8 Å². The van der Waals surface area contributed by atoms with Gasteiger partial charge in [-0.15, -0.1) is 0 Å². The van der Waals surface area contributed by atoms with E-state index in [-0.39, 0.29) is 12.0 Å². The number of hydrogen-bond acceptors (Lipinski definition) is 3. The maximum absolute atomic E-state index is 10.8. The molecule has 3 nitrogen and oxygen atoms in total. The van der Waals surface area contributed by atoms with E-state index in [1.165, 1.54) is 6.92 Å². The Labute approximate surface area is 60.0 Å². The second-order valence-electron chi connectivity index (χ2n) is 3.05. The molecule has 0 aromatic rings. The maximum atomic E-state index is 10.8. The fourth-order valence-corrected chi connectivity index (χ4v) is 1.03. The fourth-order valence-electron chi connectivity index (χ4n) is 1.03. The Morgan fingerprint density at radius 1 is 1.60 bits per heavy atom. The second kappa shape index (κ2) is 1.95. The topological polar surface area (TPSA) is 46.5 Å². The smallest absolute Gasteiger partial charge is 0.338 e. The number of ether oxygens (including phenoxy) is 1. The summed E-state index contributed by atoms with van der Waals surface area (Å²) < 4.78 is 4.80. The lowest BCUT2D eigenvalue weighted by Crippen LogP contribution is -2.36. The third-order valence-electron chi connectivity index (χ3n) is 2.30. The first-order valence-corrected chi connectivity index (χ1v) is 3.39. The standard InChI is InChI=1S/C7H12O3/c1-4-5(2)10-6(8)7(4,3)9/h4-5,9H,1-3H3/t4-,5-,7-/m1/s1. The van der Waals surface area contributed by atoms with Gasteiger partial charge >= 0.3 is 5.97 Å². The van der Waals surface area contributed by atoms with Gasteiger partial charge in [-0.3, -0.25) is 0 Å². The van der Waals surface area contributed by atoms with Crippen molar-refractivity contribution < 1.29 is 14.6 Å². The van der Waals surface area contributed by atoms with E-state index in [2.05, 4.69) is 0 Å². The third kappa shape index (κ3) is 0.814. The third-order valence-corrected chi connectivity index (χ3v) is 2.30. The molecule has 0 spiro atoms. The summed E-state index contributed by atoms with van der Waals surface area (Å²) in [6.45, 7) is 5.07. The van der Waals surface area contributed by atoms with Crippen molar-refractivity contribution in [2.75, 3.05) is 0 Å². The SMILES string of the molecule is C[C@@H]1[C@@H](C)OC(=O)[C@]1(C)O. The quantitative estimate of drug-likeness (QED) is 0.498. The Kier molecular flexibility index (Phi) is 1.47. The Balaban J connectivity index is 2.85. The van der Waals surface area contributed by atoms with Gasteiger partial charge in [0, 0.05) is 5.92 Å². The molecular weight excluding hydrogens is 132 g/mol. The highest BCUT2D eigenvalue weighted by atomic mass is 16.6. The van der Waals surface area contributed by atoms with E-state index in [4.69, 9.17) is 4.74 Å². The number of esters is 1. The molecule has 10 heavy (non-hydrogen) atoms. The summed E-state index contributed by atoms with van der Waals surface area (Å²) in [6, 6.07) is 0. The Morgan fingerprint density at radius 3 is 2.20 bits per heavy atom. The molecule has 0 aromatic carbocycles. The lowest BCUT2D eigenvalue weighted by Gasteiger charge is -2.16. The van der Waals surface area contributed by atoms with Crippen LogP contribution in [-0.2, 0) is 9.53 Å². The number of carbonyl (C=O) groups is 1. The molecule has 0 unspecified atom stereocenters. The number of aliphatic hydroxyl groups is 1. The van der Waals surface area contributed by atoms with Gasteiger partial charge in [-0.25, -0.2) is 4.79 Å². The highest BCUT2D eigenvalue weighted by Gasteiger charge is 2.48. The van der Waals surface area contributed by atoms with Gasteiger partial charge in [0.25, 0.3) is 0 Å². The summed E-state index contributed by atoms with van der Waals surface area (Å²) in [7, 11) is 0. The minimum absolute atomic E-state index is 0.111. The number of hydrogen-bond donors (Lipinski definition) is 1. The summed E-state index contributed by atoms with van der Waals surface area (Å²) in [6.07, 6.45) is -0.164.